The van der Waals surface area contributed by atoms with E-state index in [1.54, 1.807) is 25.7 Å². The van der Waals surface area contributed by atoms with E-state index >= 15 is 0 Å². The Morgan fingerprint density at radius 3 is 2.79 bits per heavy atom. The molecule has 0 aliphatic carbocycles. The Morgan fingerprint density at radius 1 is 1.14 bits per heavy atom. The highest BCUT2D eigenvalue weighted by Crippen LogP contribution is 2.36. The van der Waals surface area contributed by atoms with Gasteiger partial charge in [-0.05, 0) is 56.0 Å². The zero-order valence-corrected chi connectivity index (χ0v) is 23.7. The fourth-order valence-corrected chi connectivity index (χ4v) is 6.08. The molecule has 0 bridgehead atoms. The van der Waals surface area contributed by atoms with Crippen molar-refractivity contribution in [2.45, 2.75) is 51.4 Å². The van der Waals surface area contributed by atoms with Crippen molar-refractivity contribution in [1.82, 2.24) is 19.4 Å². The monoisotopic (exact) mass is 576 g/mol. The van der Waals surface area contributed by atoms with E-state index in [1.807, 2.05) is 35.8 Å². The molecule has 1 saturated heterocycles. The van der Waals surface area contributed by atoms with E-state index in [2.05, 4.69) is 19.8 Å². The second kappa shape index (κ2) is 11.6. The summed E-state index contributed by atoms with van der Waals surface area (Å²) >= 11 is 0. The van der Waals surface area contributed by atoms with Gasteiger partial charge < -0.3 is 24.7 Å². The Morgan fingerprint density at radius 2 is 2.00 bits per heavy atom. The first kappa shape index (κ1) is 27.9. The number of ether oxygens (including phenoxy) is 2. The molecule has 220 valence electrons. The van der Waals surface area contributed by atoms with Crippen LogP contribution < -0.4 is 25.5 Å². The maximum atomic E-state index is 14.6. The third kappa shape index (κ3) is 5.36. The summed E-state index contributed by atoms with van der Waals surface area (Å²) in [7, 11) is 1.58. The molecule has 1 unspecified atom stereocenters. The van der Waals surface area contributed by atoms with Crippen LogP contribution in [0, 0.1) is 11.6 Å². The van der Waals surface area contributed by atoms with Gasteiger partial charge in [-0.2, -0.15) is 4.39 Å². The summed E-state index contributed by atoms with van der Waals surface area (Å²) < 4.78 is 41.9. The van der Waals surface area contributed by atoms with Gasteiger partial charge in [0.15, 0.2) is 17.0 Å². The minimum Gasteiger partial charge on any atom is -0.486 e. The maximum absolute atomic E-state index is 14.6. The number of halogens is 2. The van der Waals surface area contributed by atoms with Gasteiger partial charge in [0, 0.05) is 56.2 Å². The Kier molecular flexibility index (Phi) is 7.68. The fraction of sp³-hybridized carbons (Fsp3) is 0.387. The highest BCUT2D eigenvalue weighted by molar-refractivity contribution is 5.86. The molecule has 42 heavy (non-hydrogen) atoms. The van der Waals surface area contributed by atoms with E-state index in [4.69, 9.17) is 15.2 Å². The third-order valence-corrected chi connectivity index (χ3v) is 8.30. The average Bonchev–Trinajstić information content (AvgIpc) is 3.25. The Hall–Kier alpha value is -4.25. The number of hydrogen-bond acceptors (Lipinski definition) is 8. The quantitative estimate of drug-likeness (QED) is 0.339. The lowest BCUT2D eigenvalue weighted by Crippen LogP contribution is -2.37. The van der Waals surface area contributed by atoms with Crippen molar-refractivity contribution in [3.63, 3.8) is 0 Å². The van der Waals surface area contributed by atoms with E-state index in [1.165, 1.54) is 0 Å². The van der Waals surface area contributed by atoms with Gasteiger partial charge in [0.25, 0.3) is 0 Å². The van der Waals surface area contributed by atoms with Crippen molar-refractivity contribution in [3.05, 3.63) is 81.9 Å². The number of aromatic nitrogens is 3. The number of nitrogen functional groups attached to an aromatic ring is 1. The SMILES string of the molecule is COc1cc(CN(Cc2cn3c4c(c(F)c(F)cc4c2=O)OCC3C)[C@H]2CCCN(c3ccc(N)nc3)CC2)ccn1. The number of benzene rings is 1. The van der Waals surface area contributed by atoms with Gasteiger partial charge in [-0.3, -0.25) is 9.69 Å². The molecule has 3 aromatic heterocycles. The van der Waals surface area contributed by atoms with E-state index in [-0.39, 0.29) is 35.3 Å². The zero-order valence-electron chi connectivity index (χ0n) is 23.7. The van der Waals surface area contributed by atoms with Crippen molar-refractivity contribution in [2.75, 3.05) is 37.4 Å². The molecule has 0 saturated carbocycles. The van der Waals surface area contributed by atoms with Crippen molar-refractivity contribution in [1.29, 1.82) is 0 Å². The van der Waals surface area contributed by atoms with E-state index < -0.39 is 11.6 Å². The maximum Gasteiger partial charge on any atom is 0.213 e. The molecule has 6 rings (SSSR count). The van der Waals surface area contributed by atoms with Crippen molar-refractivity contribution < 1.29 is 18.3 Å². The summed E-state index contributed by atoms with van der Waals surface area (Å²) in [6.07, 6.45) is 8.06. The number of pyridine rings is 3. The second-order valence-corrected chi connectivity index (χ2v) is 11.1. The number of methoxy groups -OCH3 is 1. The molecule has 2 atom stereocenters. The van der Waals surface area contributed by atoms with Crippen LogP contribution in [-0.4, -0.2) is 52.3 Å². The first-order chi connectivity index (χ1) is 20.3. The van der Waals surface area contributed by atoms with Crippen LogP contribution in [0.3, 0.4) is 0 Å². The number of nitrogens with two attached hydrogens (primary N) is 1. The van der Waals surface area contributed by atoms with Gasteiger partial charge in [-0.25, -0.2) is 14.4 Å². The van der Waals surface area contributed by atoms with E-state index in [0.717, 1.165) is 49.7 Å². The van der Waals surface area contributed by atoms with Crippen LogP contribution in [0.5, 0.6) is 11.6 Å². The first-order valence-corrected chi connectivity index (χ1v) is 14.2. The number of rotatable bonds is 7. The normalized spacial score (nSPS) is 18.6. The molecule has 0 amide bonds. The Bertz CT molecular complexity index is 1660. The summed E-state index contributed by atoms with van der Waals surface area (Å²) in [6, 6.07) is 8.66. The highest BCUT2D eigenvalue weighted by atomic mass is 19.2. The minimum atomic E-state index is -1.09. The van der Waals surface area contributed by atoms with Crippen LogP contribution in [-0.2, 0) is 13.1 Å². The molecule has 2 aliphatic rings. The molecule has 4 aromatic rings. The predicted molar refractivity (Wildman–Crippen MR) is 157 cm³/mol. The van der Waals surface area contributed by atoms with Crippen molar-refractivity contribution in [3.8, 4) is 11.6 Å². The minimum absolute atomic E-state index is 0.126. The molecule has 1 fully saturated rings. The molecule has 0 spiro atoms. The van der Waals surface area contributed by atoms with Crippen molar-refractivity contribution >= 4 is 22.4 Å². The van der Waals surface area contributed by atoms with Gasteiger partial charge in [0.05, 0.1) is 35.9 Å². The Balaban J connectivity index is 1.36. The average molecular weight is 577 g/mol. The molecule has 9 nitrogen and oxygen atoms in total. The van der Waals surface area contributed by atoms with Gasteiger partial charge in [0.2, 0.25) is 11.7 Å². The summed E-state index contributed by atoms with van der Waals surface area (Å²) in [5.41, 5.74) is 8.34. The largest absolute Gasteiger partial charge is 0.486 e. The van der Waals surface area contributed by atoms with Crippen LogP contribution in [0.15, 0.2) is 53.7 Å². The molecule has 5 heterocycles. The molecule has 2 N–H and O–H groups in total. The van der Waals surface area contributed by atoms with E-state index in [9.17, 15) is 13.6 Å². The zero-order chi connectivity index (χ0) is 29.4. The number of hydrogen-bond donors (Lipinski definition) is 1. The van der Waals surface area contributed by atoms with Crippen LogP contribution in [0.2, 0.25) is 0 Å². The smallest absolute Gasteiger partial charge is 0.213 e. The molecule has 0 radical (unpaired) electrons. The summed E-state index contributed by atoms with van der Waals surface area (Å²) in [6.45, 7) is 4.72. The molecule has 2 aliphatic heterocycles. The molecule has 11 heteroatoms. The standard InChI is InChI=1S/C31H34F2N6O3/c1-19-18-42-31-28(33)25(32)13-24-29(31)39(19)17-21(30(24)40)16-38(15-20-7-9-35-27(12-20)41-2)22-4-3-10-37(11-8-22)23-5-6-26(34)36-14-23/h5-7,9,12-14,17,19,22H,3-4,8,10-11,15-16,18H2,1-2H3,(H2,34,36)/t19?,22-/m0/s1. The molecular weight excluding hydrogens is 542 g/mol. The van der Waals surface area contributed by atoms with Gasteiger partial charge in [-0.1, -0.05) is 0 Å². The molecular formula is C31H34F2N6O3. The number of nitrogens with zero attached hydrogens (tertiary/aromatic N) is 5. The molecule has 1 aromatic carbocycles. The summed E-state index contributed by atoms with van der Waals surface area (Å²) in [4.78, 5) is 26.9. The lowest BCUT2D eigenvalue weighted by atomic mass is 10.0. The lowest BCUT2D eigenvalue weighted by Gasteiger charge is -2.32. The van der Waals surface area contributed by atoms with Crippen LogP contribution in [0.4, 0.5) is 20.3 Å². The van der Waals surface area contributed by atoms with Crippen LogP contribution in [0.25, 0.3) is 10.9 Å². The fourth-order valence-electron chi connectivity index (χ4n) is 6.08. The van der Waals surface area contributed by atoms with Gasteiger partial charge in [0.1, 0.15) is 12.4 Å². The number of anilines is 2. The highest BCUT2D eigenvalue weighted by Gasteiger charge is 2.29. The van der Waals surface area contributed by atoms with E-state index in [0.29, 0.717) is 35.9 Å². The van der Waals surface area contributed by atoms with Crippen molar-refractivity contribution in [2.24, 2.45) is 0 Å². The third-order valence-electron chi connectivity index (χ3n) is 8.30. The van der Waals surface area contributed by atoms with Crippen LogP contribution in [0.1, 0.15) is 43.4 Å². The topological polar surface area (TPSA) is 98.7 Å². The first-order valence-electron chi connectivity index (χ1n) is 14.2. The lowest BCUT2D eigenvalue weighted by molar-refractivity contribution is 0.163. The van der Waals surface area contributed by atoms with Crippen LogP contribution >= 0.6 is 0 Å². The second-order valence-electron chi connectivity index (χ2n) is 11.1. The Labute approximate surface area is 242 Å². The van der Waals surface area contributed by atoms with Gasteiger partial charge >= 0.3 is 0 Å². The summed E-state index contributed by atoms with van der Waals surface area (Å²) in [5, 5.41) is 0.126. The van der Waals surface area contributed by atoms with Gasteiger partial charge in [-0.15, -0.1) is 0 Å². The predicted octanol–water partition coefficient (Wildman–Crippen LogP) is 4.68. The summed E-state index contributed by atoms with van der Waals surface area (Å²) in [5.74, 6) is -1.35.